The zero-order valence-electron chi connectivity index (χ0n) is 22.1. The third-order valence-electron chi connectivity index (χ3n) is 8.93. The molecule has 1 aromatic heterocycles. The molecule has 0 fully saturated rings. The van der Waals surface area contributed by atoms with Crippen LogP contribution in [0.1, 0.15) is 27.8 Å². The van der Waals surface area contributed by atoms with Crippen LogP contribution in [0.2, 0.25) is 0 Å². The zero-order chi connectivity index (χ0) is 26.4. The number of hydrogen-bond donors (Lipinski definition) is 0. The molecule has 1 aliphatic carbocycles. The Labute approximate surface area is 232 Å². The molecule has 0 amide bonds. The van der Waals surface area contributed by atoms with Gasteiger partial charge in [0.15, 0.2) is 0 Å². The zero-order valence-corrected chi connectivity index (χ0v) is 22.1. The van der Waals surface area contributed by atoms with Gasteiger partial charge in [0.25, 0.3) is 0 Å². The summed E-state index contributed by atoms with van der Waals surface area (Å²) in [6, 6.07) is 48.6. The summed E-state index contributed by atoms with van der Waals surface area (Å²) in [7, 11) is 0. The molecule has 0 saturated heterocycles. The Morgan fingerprint density at radius 2 is 1.12 bits per heavy atom. The van der Waals surface area contributed by atoms with Gasteiger partial charge in [-0.2, -0.15) is 0 Å². The van der Waals surface area contributed by atoms with E-state index in [9.17, 15) is 0 Å². The van der Waals surface area contributed by atoms with Gasteiger partial charge in [-0.3, -0.25) is 0 Å². The molecule has 2 heterocycles. The Morgan fingerprint density at radius 1 is 0.500 bits per heavy atom. The van der Waals surface area contributed by atoms with Crippen molar-refractivity contribution in [1.82, 2.24) is 4.57 Å². The number of aryl methyl sites for hydroxylation is 1. The van der Waals surface area contributed by atoms with Crippen LogP contribution in [0.5, 0.6) is 11.5 Å². The second kappa shape index (κ2) is 7.74. The third-order valence-corrected chi connectivity index (χ3v) is 8.93. The summed E-state index contributed by atoms with van der Waals surface area (Å²) in [5, 5.41) is 2.42. The van der Waals surface area contributed by atoms with Crippen LogP contribution in [0, 0.1) is 6.92 Å². The average molecular weight is 512 g/mol. The predicted octanol–water partition coefficient (Wildman–Crippen LogP) is 9.56. The molecule has 0 bridgehead atoms. The van der Waals surface area contributed by atoms with E-state index in [-0.39, 0.29) is 0 Å². The lowest BCUT2D eigenvalue weighted by Gasteiger charge is -2.39. The lowest BCUT2D eigenvalue weighted by atomic mass is 9.66. The van der Waals surface area contributed by atoms with Gasteiger partial charge in [-0.05, 0) is 65.6 Å². The number of para-hydroxylation sites is 2. The molecule has 1 spiro atoms. The van der Waals surface area contributed by atoms with Gasteiger partial charge >= 0.3 is 0 Å². The minimum Gasteiger partial charge on any atom is -0.457 e. The molecule has 9 rings (SSSR count). The molecule has 6 aromatic carbocycles. The highest BCUT2D eigenvalue weighted by atomic mass is 16.5. The first-order chi connectivity index (χ1) is 19.7. The number of fused-ring (bicyclic) bond motifs is 12. The van der Waals surface area contributed by atoms with Crippen LogP contribution in [-0.2, 0) is 5.41 Å². The van der Waals surface area contributed by atoms with Gasteiger partial charge in [0, 0.05) is 27.6 Å². The van der Waals surface area contributed by atoms with E-state index in [0.717, 1.165) is 17.2 Å². The molecule has 2 heteroatoms. The molecule has 7 aromatic rings. The van der Waals surface area contributed by atoms with Crippen molar-refractivity contribution < 1.29 is 4.74 Å². The largest absolute Gasteiger partial charge is 0.457 e. The molecule has 0 atom stereocenters. The fourth-order valence-corrected chi connectivity index (χ4v) is 7.29. The van der Waals surface area contributed by atoms with E-state index in [0.29, 0.717) is 0 Å². The third kappa shape index (κ3) is 2.63. The summed E-state index contributed by atoms with van der Waals surface area (Å²) < 4.78 is 9.18. The monoisotopic (exact) mass is 511 g/mol. The van der Waals surface area contributed by atoms with Gasteiger partial charge in [0.1, 0.15) is 11.5 Å². The topological polar surface area (TPSA) is 14.2 Å². The smallest absolute Gasteiger partial charge is 0.133 e. The predicted molar refractivity (Wildman–Crippen MR) is 163 cm³/mol. The van der Waals surface area contributed by atoms with Gasteiger partial charge in [-0.25, -0.2) is 0 Å². The standard InChI is InChI=1S/C38H25NO/c1-24-18-20-25(21-19-24)39-34-16-8-4-12-28(34)29-22-37-33(23-35(29)39)38(32-15-7-9-17-36(32)40-37)30-13-5-2-10-26(30)27-11-3-6-14-31(27)38/h2-23H,1H3. The van der Waals surface area contributed by atoms with Crippen LogP contribution in [0.25, 0.3) is 38.6 Å². The highest BCUT2D eigenvalue weighted by molar-refractivity contribution is 6.10. The van der Waals surface area contributed by atoms with Crippen LogP contribution < -0.4 is 4.74 Å². The highest BCUT2D eigenvalue weighted by Crippen LogP contribution is 2.62. The van der Waals surface area contributed by atoms with Gasteiger partial charge in [0.2, 0.25) is 0 Å². The summed E-state index contributed by atoms with van der Waals surface area (Å²) in [6.45, 7) is 2.14. The minimum absolute atomic E-state index is 0.472. The average Bonchev–Trinajstić information content (AvgIpc) is 3.48. The summed E-state index contributed by atoms with van der Waals surface area (Å²) in [5.74, 6) is 1.84. The molecule has 2 nitrogen and oxygen atoms in total. The molecular formula is C38H25NO. The highest BCUT2D eigenvalue weighted by Gasteiger charge is 2.51. The molecule has 2 aliphatic rings. The van der Waals surface area contributed by atoms with Crippen molar-refractivity contribution in [2.75, 3.05) is 0 Å². The Kier molecular flexibility index (Phi) is 4.22. The summed E-state index contributed by atoms with van der Waals surface area (Å²) in [6.07, 6.45) is 0. The van der Waals surface area contributed by atoms with Crippen molar-refractivity contribution in [3.63, 3.8) is 0 Å². The lowest BCUT2D eigenvalue weighted by molar-refractivity contribution is 0.437. The minimum atomic E-state index is -0.472. The van der Waals surface area contributed by atoms with Crippen LogP contribution >= 0.6 is 0 Å². The first-order valence-electron chi connectivity index (χ1n) is 13.9. The van der Waals surface area contributed by atoms with Crippen LogP contribution in [0.3, 0.4) is 0 Å². The number of aromatic nitrogens is 1. The molecule has 1 aliphatic heterocycles. The maximum Gasteiger partial charge on any atom is 0.133 e. The van der Waals surface area contributed by atoms with Crippen LogP contribution in [0.15, 0.2) is 133 Å². The number of nitrogens with zero attached hydrogens (tertiary/aromatic N) is 1. The lowest BCUT2D eigenvalue weighted by Crippen LogP contribution is -2.32. The van der Waals surface area contributed by atoms with Gasteiger partial charge < -0.3 is 9.30 Å². The van der Waals surface area contributed by atoms with Gasteiger partial charge in [-0.15, -0.1) is 0 Å². The van der Waals surface area contributed by atoms with Crippen LogP contribution in [-0.4, -0.2) is 4.57 Å². The summed E-state index contributed by atoms with van der Waals surface area (Å²) in [4.78, 5) is 0. The molecule has 0 saturated carbocycles. The maximum atomic E-state index is 6.77. The van der Waals surface area contributed by atoms with E-state index in [1.54, 1.807) is 0 Å². The van der Waals surface area contributed by atoms with Gasteiger partial charge in [-0.1, -0.05) is 103 Å². The normalized spacial score (nSPS) is 14.0. The summed E-state index contributed by atoms with van der Waals surface area (Å²) >= 11 is 0. The Balaban J connectivity index is 1.47. The SMILES string of the molecule is Cc1ccc(-n2c3ccccc3c3cc4c(cc32)C2(c3ccccc3O4)c3ccccc3-c3ccccc32)cc1. The van der Waals surface area contributed by atoms with E-state index >= 15 is 0 Å². The fourth-order valence-electron chi connectivity index (χ4n) is 7.29. The molecule has 40 heavy (non-hydrogen) atoms. The van der Waals surface area contributed by atoms with Crippen molar-refractivity contribution in [1.29, 1.82) is 0 Å². The van der Waals surface area contributed by atoms with E-state index in [1.165, 1.54) is 60.8 Å². The maximum absolute atomic E-state index is 6.77. The van der Waals surface area contributed by atoms with Crippen molar-refractivity contribution in [3.05, 3.63) is 161 Å². The van der Waals surface area contributed by atoms with E-state index in [4.69, 9.17) is 4.74 Å². The molecule has 188 valence electrons. The first-order valence-corrected chi connectivity index (χ1v) is 13.9. The second-order valence-electron chi connectivity index (χ2n) is 11.0. The second-order valence-corrected chi connectivity index (χ2v) is 11.0. The summed E-state index contributed by atoms with van der Waals surface area (Å²) in [5.41, 5.74) is 11.9. The Hall–Kier alpha value is -5.08. The Morgan fingerprint density at radius 3 is 1.88 bits per heavy atom. The quantitative estimate of drug-likeness (QED) is 0.214. The number of rotatable bonds is 1. The van der Waals surface area contributed by atoms with Crippen LogP contribution in [0.4, 0.5) is 0 Å². The van der Waals surface area contributed by atoms with Crippen molar-refractivity contribution in [2.24, 2.45) is 0 Å². The van der Waals surface area contributed by atoms with Crippen molar-refractivity contribution in [3.8, 4) is 28.3 Å². The van der Waals surface area contributed by atoms with E-state index in [2.05, 4.69) is 145 Å². The van der Waals surface area contributed by atoms with Crippen molar-refractivity contribution >= 4 is 21.8 Å². The number of hydrogen-bond acceptors (Lipinski definition) is 1. The molecule has 0 unspecified atom stereocenters. The fraction of sp³-hybridized carbons (Fsp3) is 0.0526. The van der Waals surface area contributed by atoms with E-state index in [1.807, 2.05) is 0 Å². The van der Waals surface area contributed by atoms with Crippen molar-refractivity contribution in [2.45, 2.75) is 12.3 Å². The Bertz CT molecular complexity index is 2100. The van der Waals surface area contributed by atoms with Gasteiger partial charge in [0.05, 0.1) is 16.4 Å². The molecular weight excluding hydrogens is 486 g/mol. The number of ether oxygens (including phenoxy) is 1. The van der Waals surface area contributed by atoms with E-state index < -0.39 is 5.41 Å². The first kappa shape index (κ1) is 21.8. The molecule has 0 N–H and O–H groups in total. The number of benzene rings is 6. The molecule has 0 radical (unpaired) electrons.